The Morgan fingerprint density at radius 3 is 2.67 bits per heavy atom. The zero-order chi connectivity index (χ0) is 7.90. The second-order valence-electron chi connectivity index (χ2n) is 3.00. The average molecular weight is 205 g/mol. The van der Waals surface area contributed by atoms with Crippen LogP contribution < -0.4 is 5.73 Å². The number of pyridine rings is 1. The van der Waals surface area contributed by atoms with Gasteiger partial charge in [-0.25, -0.2) is 4.98 Å². The lowest BCUT2D eigenvalue weighted by molar-refractivity contribution is 0.735. The average Bonchev–Trinajstić information content (AvgIpc) is 2.70. The van der Waals surface area contributed by atoms with Gasteiger partial charge in [-0.15, -0.1) is 12.4 Å². The molecule has 66 valence electrons. The molecule has 0 amide bonds. The molecule has 1 aromatic heterocycles. The second kappa shape index (κ2) is 3.21. The van der Waals surface area contributed by atoms with Crippen molar-refractivity contribution >= 4 is 24.0 Å². The van der Waals surface area contributed by atoms with Crippen LogP contribution >= 0.6 is 24.0 Å². The van der Waals surface area contributed by atoms with E-state index in [-0.39, 0.29) is 17.9 Å². The van der Waals surface area contributed by atoms with Crippen LogP contribution in [0.5, 0.6) is 0 Å². The van der Waals surface area contributed by atoms with Crippen LogP contribution in [0.4, 0.5) is 0 Å². The zero-order valence-corrected chi connectivity index (χ0v) is 8.03. The van der Waals surface area contributed by atoms with Crippen LogP contribution in [0.2, 0.25) is 5.15 Å². The van der Waals surface area contributed by atoms with Gasteiger partial charge in [-0.05, 0) is 18.9 Å². The van der Waals surface area contributed by atoms with Gasteiger partial charge in [-0.2, -0.15) is 0 Å². The van der Waals surface area contributed by atoms with Crippen molar-refractivity contribution in [3.63, 3.8) is 0 Å². The third-order valence-corrected chi connectivity index (χ3v) is 2.39. The molecule has 2 N–H and O–H groups in total. The molecular formula is C8H10Cl2N2. The molecule has 1 fully saturated rings. The van der Waals surface area contributed by atoms with Crippen molar-refractivity contribution in [2.75, 3.05) is 0 Å². The lowest BCUT2D eigenvalue weighted by atomic mass is 10.1. The molecule has 0 aliphatic heterocycles. The number of rotatable bonds is 1. The summed E-state index contributed by atoms with van der Waals surface area (Å²) in [5.41, 5.74) is 6.77. The van der Waals surface area contributed by atoms with Gasteiger partial charge in [0, 0.05) is 17.3 Å². The molecule has 1 saturated carbocycles. The summed E-state index contributed by atoms with van der Waals surface area (Å²) in [7, 11) is 0. The molecule has 0 unspecified atom stereocenters. The molecule has 1 aromatic rings. The van der Waals surface area contributed by atoms with Gasteiger partial charge in [0.15, 0.2) is 0 Å². The van der Waals surface area contributed by atoms with E-state index in [9.17, 15) is 0 Å². The Bertz CT molecular complexity index is 284. The van der Waals surface area contributed by atoms with Crippen LogP contribution in [0.25, 0.3) is 0 Å². The van der Waals surface area contributed by atoms with Gasteiger partial charge in [0.2, 0.25) is 0 Å². The van der Waals surface area contributed by atoms with Crippen molar-refractivity contribution in [2.45, 2.75) is 18.4 Å². The van der Waals surface area contributed by atoms with Gasteiger partial charge in [0.25, 0.3) is 0 Å². The molecule has 0 spiro atoms. The Hall–Kier alpha value is -0.310. The summed E-state index contributed by atoms with van der Waals surface area (Å²) in [6, 6.07) is 3.82. The fraction of sp³-hybridized carbons (Fsp3) is 0.375. The van der Waals surface area contributed by atoms with E-state index >= 15 is 0 Å². The van der Waals surface area contributed by atoms with E-state index in [0.717, 1.165) is 18.4 Å². The van der Waals surface area contributed by atoms with Gasteiger partial charge in [0.1, 0.15) is 5.15 Å². The standard InChI is InChI=1S/C8H9ClN2.ClH/c9-7-6(2-1-5-11-7)8(10)3-4-8;/h1-2,5H,3-4,10H2;1H. The summed E-state index contributed by atoms with van der Waals surface area (Å²) >= 11 is 5.86. The predicted octanol–water partition coefficient (Wildman–Crippen LogP) is 2.10. The van der Waals surface area contributed by atoms with E-state index in [2.05, 4.69) is 4.98 Å². The van der Waals surface area contributed by atoms with Gasteiger partial charge in [-0.3, -0.25) is 0 Å². The molecule has 1 heterocycles. The summed E-state index contributed by atoms with van der Waals surface area (Å²) in [4.78, 5) is 3.97. The number of nitrogens with zero attached hydrogens (tertiary/aromatic N) is 1. The summed E-state index contributed by atoms with van der Waals surface area (Å²) in [5.74, 6) is 0. The SMILES string of the molecule is Cl.NC1(c2cccnc2Cl)CC1. The quantitative estimate of drug-likeness (QED) is 0.713. The molecule has 2 rings (SSSR count). The molecule has 4 heteroatoms. The Morgan fingerprint density at radius 2 is 2.17 bits per heavy atom. The topological polar surface area (TPSA) is 38.9 Å². The third kappa shape index (κ3) is 1.56. The molecule has 0 saturated heterocycles. The Kier molecular flexibility index (Phi) is 2.61. The van der Waals surface area contributed by atoms with E-state index in [4.69, 9.17) is 17.3 Å². The van der Waals surface area contributed by atoms with Crippen LogP contribution in [0, 0.1) is 0 Å². The highest BCUT2D eigenvalue weighted by molar-refractivity contribution is 6.30. The molecule has 12 heavy (non-hydrogen) atoms. The van der Waals surface area contributed by atoms with E-state index in [0.29, 0.717) is 5.15 Å². The van der Waals surface area contributed by atoms with E-state index in [1.165, 1.54) is 0 Å². The van der Waals surface area contributed by atoms with E-state index in [1.807, 2.05) is 12.1 Å². The highest BCUT2D eigenvalue weighted by Crippen LogP contribution is 2.44. The monoisotopic (exact) mass is 204 g/mol. The van der Waals surface area contributed by atoms with Crippen molar-refractivity contribution < 1.29 is 0 Å². The summed E-state index contributed by atoms with van der Waals surface area (Å²) in [6.07, 6.45) is 3.73. The molecule has 2 nitrogen and oxygen atoms in total. The van der Waals surface area contributed by atoms with Crippen molar-refractivity contribution in [1.29, 1.82) is 0 Å². The second-order valence-corrected chi connectivity index (χ2v) is 3.36. The molecule has 0 aromatic carbocycles. The van der Waals surface area contributed by atoms with Gasteiger partial charge in [0.05, 0.1) is 0 Å². The van der Waals surface area contributed by atoms with Crippen molar-refractivity contribution in [1.82, 2.24) is 4.98 Å². The normalized spacial score (nSPS) is 18.2. The van der Waals surface area contributed by atoms with Crippen LogP contribution in [0.3, 0.4) is 0 Å². The van der Waals surface area contributed by atoms with Crippen LogP contribution in [-0.2, 0) is 5.54 Å². The summed E-state index contributed by atoms with van der Waals surface area (Å²) < 4.78 is 0. The first-order chi connectivity index (χ1) is 5.22. The smallest absolute Gasteiger partial charge is 0.134 e. The van der Waals surface area contributed by atoms with Crippen molar-refractivity contribution in [3.8, 4) is 0 Å². The largest absolute Gasteiger partial charge is 0.321 e. The lowest BCUT2D eigenvalue weighted by Gasteiger charge is -2.08. The first-order valence-corrected chi connectivity index (χ1v) is 4.00. The zero-order valence-electron chi connectivity index (χ0n) is 6.46. The maximum Gasteiger partial charge on any atom is 0.134 e. The molecule has 1 aliphatic rings. The minimum atomic E-state index is -0.161. The Morgan fingerprint density at radius 1 is 1.50 bits per heavy atom. The van der Waals surface area contributed by atoms with Crippen LogP contribution in [0.15, 0.2) is 18.3 Å². The van der Waals surface area contributed by atoms with Crippen molar-refractivity contribution in [2.24, 2.45) is 5.73 Å². The maximum atomic E-state index is 5.94. The number of aromatic nitrogens is 1. The maximum absolute atomic E-state index is 5.94. The summed E-state index contributed by atoms with van der Waals surface area (Å²) in [6.45, 7) is 0. The van der Waals surface area contributed by atoms with E-state index in [1.54, 1.807) is 6.20 Å². The highest BCUT2D eigenvalue weighted by Gasteiger charge is 2.41. The molecule has 0 atom stereocenters. The fourth-order valence-electron chi connectivity index (χ4n) is 1.16. The minimum Gasteiger partial charge on any atom is -0.321 e. The van der Waals surface area contributed by atoms with Crippen LogP contribution in [-0.4, -0.2) is 4.98 Å². The lowest BCUT2D eigenvalue weighted by Crippen LogP contribution is -2.19. The molecule has 0 radical (unpaired) electrons. The highest BCUT2D eigenvalue weighted by atomic mass is 35.5. The fourth-order valence-corrected chi connectivity index (χ4v) is 1.47. The minimum absolute atomic E-state index is 0. The number of hydrogen-bond donors (Lipinski definition) is 1. The number of halogens is 2. The Balaban J connectivity index is 0.000000720. The van der Waals surface area contributed by atoms with Gasteiger partial charge in [-0.1, -0.05) is 17.7 Å². The molecule has 0 bridgehead atoms. The van der Waals surface area contributed by atoms with Crippen molar-refractivity contribution in [3.05, 3.63) is 29.0 Å². The first kappa shape index (κ1) is 9.78. The van der Waals surface area contributed by atoms with Crippen LogP contribution in [0.1, 0.15) is 18.4 Å². The van der Waals surface area contributed by atoms with E-state index < -0.39 is 0 Å². The van der Waals surface area contributed by atoms with Gasteiger partial charge < -0.3 is 5.73 Å². The van der Waals surface area contributed by atoms with Gasteiger partial charge >= 0.3 is 0 Å². The number of hydrogen-bond acceptors (Lipinski definition) is 2. The summed E-state index contributed by atoms with van der Waals surface area (Å²) in [5, 5.41) is 0.549. The first-order valence-electron chi connectivity index (χ1n) is 3.62. The third-order valence-electron chi connectivity index (χ3n) is 2.08. The molecular weight excluding hydrogens is 195 g/mol. The number of nitrogens with two attached hydrogens (primary N) is 1. The molecule has 1 aliphatic carbocycles. The predicted molar refractivity (Wildman–Crippen MR) is 51.6 cm³/mol. The Labute approximate surface area is 82.5 Å².